The summed E-state index contributed by atoms with van der Waals surface area (Å²) in [4.78, 5) is 31.7. The van der Waals surface area contributed by atoms with E-state index < -0.39 is 12.0 Å². The number of rotatable bonds is 9. The lowest BCUT2D eigenvalue weighted by atomic mass is 10.1. The van der Waals surface area contributed by atoms with Crippen LogP contribution in [0.5, 0.6) is 0 Å². The summed E-state index contributed by atoms with van der Waals surface area (Å²) < 4.78 is 13.3. The molecule has 2 aromatic heterocycles. The summed E-state index contributed by atoms with van der Waals surface area (Å²) in [6.45, 7) is 0.505. The highest BCUT2D eigenvalue weighted by atomic mass is 35.5. The molecule has 3 rings (SSSR count). The average molecular weight is 457 g/mol. The molecule has 32 heavy (non-hydrogen) atoms. The Labute approximate surface area is 188 Å². The van der Waals surface area contributed by atoms with Gasteiger partial charge in [0.25, 0.3) is 5.91 Å². The summed E-state index contributed by atoms with van der Waals surface area (Å²) in [5, 5.41) is 18.8. The molecule has 0 saturated carbocycles. The molecule has 166 valence electrons. The number of hydrogen-bond acceptors (Lipinski definition) is 6. The van der Waals surface area contributed by atoms with Gasteiger partial charge in [-0.3, -0.25) is 9.78 Å². The molecule has 2 amide bonds. The fourth-order valence-corrected chi connectivity index (χ4v) is 3.14. The van der Waals surface area contributed by atoms with Crippen molar-refractivity contribution in [1.29, 1.82) is 0 Å². The molecule has 0 aliphatic heterocycles. The number of carbonyl (C=O) groups excluding carboxylic acids is 2. The van der Waals surface area contributed by atoms with Gasteiger partial charge in [0.2, 0.25) is 0 Å². The molecule has 0 saturated heterocycles. The largest absolute Gasteiger partial charge is 0.530 e. The standard InChI is InChI=1S/C22H21ClFN5O3/c23-19-7-6-17(20(29-19)26-10-8-14-3-1-5-16(24)11-14)21(30)27-12-15-4-2-9-25-18(15)13-28-22(31)32/h1-7,9,11,28H,8,10,12-13H2,(H,26,29)(H,27,30)(H,31,32)/p-1. The number of nitrogens with zero attached hydrogens (tertiary/aromatic N) is 2. The van der Waals surface area contributed by atoms with Crippen LogP contribution in [0.15, 0.2) is 54.7 Å². The number of hydrogen-bond donors (Lipinski definition) is 3. The molecule has 2 heterocycles. The van der Waals surface area contributed by atoms with Crippen LogP contribution in [-0.4, -0.2) is 28.5 Å². The molecule has 0 bridgehead atoms. The van der Waals surface area contributed by atoms with Crippen LogP contribution >= 0.6 is 11.6 Å². The maximum atomic E-state index is 13.3. The SMILES string of the molecule is O=C([O-])NCc1ncccc1CNC(=O)c1ccc(Cl)nc1NCCc1cccc(F)c1. The molecule has 3 aromatic rings. The number of anilines is 1. The van der Waals surface area contributed by atoms with Crippen molar-refractivity contribution in [3.05, 3.63) is 88.1 Å². The zero-order valence-corrected chi connectivity index (χ0v) is 17.7. The van der Waals surface area contributed by atoms with Crippen LogP contribution in [0.4, 0.5) is 15.0 Å². The van der Waals surface area contributed by atoms with Crippen LogP contribution in [0.3, 0.4) is 0 Å². The molecule has 0 aliphatic rings. The maximum Gasteiger partial charge on any atom is 0.255 e. The predicted octanol–water partition coefficient (Wildman–Crippen LogP) is 2.29. The molecule has 1 aromatic carbocycles. The number of aromatic nitrogens is 2. The Hall–Kier alpha value is -3.72. The third kappa shape index (κ3) is 6.64. The van der Waals surface area contributed by atoms with Gasteiger partial charge < -0.3 is 25.9 Å². The third-order valence-corrected chi connectivity index (χ3v) is 4.74. The van der Waals surface area contributed by atoms with E-state index in [1.165, 1.54) is 24.4 Å². The summed E-state index contributed by atoms with van der Waals surface area (Å²) in [5.74, 6) is -0.408. The van der Waals surface area contributed by atoms with Crippen molar-refractivity contribution >= 4 is 29.4 Å². The maximum absolute atomic E-state index is 13.3. The van der Waals surface area contributed by atoms with Gasteiger partial charge in [-0.1, -0.05) is 29.8 Å². The van der Waals surface area contributed by atoms with Gasteiger partial charge in [-0.05, 0) is 47.9 Å². The molecule has 8 nitrogen and oxygen atoms in total. The molecule has 0 radical (unpaired) electrons. The first-order valence-electron chi connectivity index (χ1n) is 9.73. The topological polar surface area (TPSA) is 119 Å². The van der Waals surface area contributed by atoms with E-state index >= 15 is 0 Å². The average Bonchev–Trinajstić information content (AvgIpc) is 2.77. The number of nitrogens with one attached hydrogen (secondary N) is 3. The first-order valence-corrected chi connectivity index (χ1v) is 10.1. The molecule has 0 aliphatic carbocycles. The van der Waals surface area contributed by atoms with E-state index in [-0.39, 0.29) is 29.6 Å². The van der Waals surface area contributed by atoms with E-state index in [9.17, 15) is 19.1 Å². The number of pyridine rings is 2. The minimum atomic E-state index is -1.41. The van der Waals surface area contributed by atoms with Gasteiger partial charge in [0.05, 0.1) is 17.8 Å². The van der Waals surface area contributed by atoms with Crippen molar-refractivity contribution in [2.24, 2.45) is 0 Å². The molecule has 0 atom stereocenters. The second-order valence-corrected chi connectivity index (χ2v) is 7.16. The van der Waals surface area contributed by atoms with Gasteiger partial charge in [0.1, 0.15) is 22.9 Å². The fourth-order valence-electron chi connectivity index (χ4n) is 2.99. The molecule has 3 N–H and O–H groups in total. The van der Waals surface area contributed by atoms with E-state index in [2.05, 4.69) is 25.9 Å². The smallest absolute Gasteiger partial charge is 0.255 e. The Morgan fingerprint density at radius 2 is 1.91 bits per heavy atom. The molecule has 0 fully saturated rings. The van der Waals surface area contributed by atoms with Crippen LogP contribution < -0.4 is 21.1 Å². The second-order valence-electron chi connectivity index (χ2n) is 6.77. The van der Waals surface area contributed by atoms with E-state index in [0.717, 1.165) is 5.56 Å². The number of carbonyl (C=O) groups is 2. The summed E-state index contributed by atoms with van der Waals surface area (Å²) >= 11 is 5.99. The first-order chi connectivity index (χ1) is 15.4. The molecule has 10 heteroatoms. The molecule has 0 unspecified atom stereocenters. The number of benzene rings is 1. The van der Waals surface area contributed by atoms with Crippen LogP contribution in [0, 0.1) is 5.82 Å². The number of carboxylic acid groups (broad SMARTS) is 1. The quantitative estimate of drug-likeness (QED) is 0.425. The summed E-state index contributed by atoms with van der Waals surface area (Å²) in [6.07, 6.45) is 0.644. The van der Waals surface area contributed by atoms with E-state index in [1.807, 2.05) is 6.07 Å². The number of halogens is 2. The minimum absolute atomic E-state index is 0.0379. The van der Waals surface area contributed by atoms with Crippen molar-refractivity contribution in [1.82, 2.24) is 20.6 Å². The van der Waals surface area contributed by atoms with Crippen LogP contribution in [0.1, 0.15) is 27.2 Å². The van der Waals surface area contributed by atoms with Gasteiger partial charge in [-0.25, -0.2) is 9.37 Å². The highest BCUT2D eigenvalue weighted by molar-refractivity contribution is 6.29. The fraction of sp³-hybridized carbons (Fsp3) is 0.182. The van der Waals surface area contributed by atoms with Crippen molar-refractivity contribution in [3.63, 3.8) is 0 Å². The van der Waals surface area contributed by atoms with Crippen LogP contribution in [0.25, 0.3) is 0 Å². The zero-order valence-electron chi connectivity index (χ0n) is 16.9. The minimum Gasteiger partial charge on any atom is -0.530 e. The molecular formula is C22H20ClFN5O3-. The zero-order chi connectivity index (χ0) is 22.9. The summed E-state index contributed by atoms with van der Waals surface area (Å²) in [6, 6.07) is 12.7. The summed E-state index contributed by atoms with van der Waals surface area (Å²) in [7, 11) is 0. The van der Waals surface area contributed by atoms with Gasteiger partial charge in [-0.15, -0.1) is 0 Å². The highest BCUT2D eigenvalue weighted by Gasteiger charge is 2.14. The lowest BCUT2D eigenvalue weighted by Gasteiger charge is -2.14. The Bertz CT molecular complexity index is 1110. The third-order valence-electron chi connectivity index (χ3n) is 4.53. The summed E-state index contributed by atoms with van der Waals surface area (Å²) in [5.41, 5.74) is 2.21. The Balaban J connectivity index is 1.65. The van der Waals surface area contributed by atoms with Gasteiger partial charge in [0, 0.05) is 19.3 Å². The molecule has 0 spiro atoms. The van der Waals surface area contributed by atoms with E-state index in [1.54, 1.807) is 24.3 Å². The lowest BCUT2D eigenvalue weighted by molar-refractivity contribution is -0.251. The normalized spacial score (nSPS) is 10.4. The highest BCUT2D eigenvalue weighted by Crippen LogP contribution is 2.17. The lowest BCUT2D eigenvalue weighted by Crippen LogP contribution is -2.36. The van der Waals surface area contributed by atoms with Crippen LogP contribution in [0.2, 0.25) is 5.15 Å². The van der Waals surface area contributed by atoms with Gasteiger partial charge in [0.15, 0.2) is 0 Å². The van der Waals surface area contributed by atoms with Crippen molar-refractivity contribution in [2.75, 3.05) is 11.9 Å². The second kappa shape index (κ2) is 11.1. The Morgan fingerprint density at radius 3 is 2.69 bits per heavy atom. The van der Waals surface area contributed by atoms with Gasteiger partial charge >= 0.3 is 0 Å². The van der Waals surface area contributed by atoms with Crippen molar-refractivity contribution in [2.45, 2.75) is 19.5 Å². The first kappa shape index (κ1) is 23.0. The molecular weight excluding hydrogens is 437 g/mol. The van der Waals surface area contributed by atoms with E-state index in [4.69, 9.17) is 11.6 Å². The number of amides is 2. The Kier molecular flexibility index (Phi) is 7.93. The van der Waals surface area contributed by atoms with Gasteiger partial charge in [-0.2, -0.15) is 0 Å². The van der Waals surface area contributed by atoms with Crippen molar-refractivity contribution in [3.8, 4) is 0 Å². The van der Waals surface area contributed by atoms with Crippen molar-refractivity contribution < 1.29 is 19.1 Å². The monoisotopic (exact) mass is 456 g/mol. The predicted molar refractivity (Wildman–Crippen MR) is 115 cm³/mol. The Morgan fingerprint density at radius 1 is 1.06 bits per heavy atom. The van der Waals surface area contributed by atoms with Crippen LogP contribution in [-0.2, 0) is 19.5 Å². The van der Waals surface area contributed by atoms with E-state index in [0.29, 0.717) is 30.0 Å².